The first-order chi connectivity index (χ1) is 12.8. The van der Waals surface area contributed by atoms with E-state index >= 15 is 0 Å². The van der Waals surface area contributed by atoms with Crippen LogP contribution in [-0.2, 0) is 21.2 Å². The first-order valence-electron chi connectivity index (χ1n) is 8.97. The Bertz CT molecular complexity index is 913. The van der Waals surface area contributed by atoms with Gasteiger partial charge in [0.2, 0.25) is 10.0 Å². The van der Waals surface area contributed by atoms with Crippen molar-refractivity contribution in [1.29, 1.82) is 0 Å². The second kappa shape index (κ2) is 7.96. The predicted octanol–water partition coefficient (Wildman–Crippen LogP) is 2.55. The van der Waals surface area contributed by atoms with Gasteiger partial charge in [0.25, 0.3) is 0 Å². The number of aryl methyl sites for hydroxylation is 1. The third-order valence-electron chi connectivity index (χ3n) is 5.22. The molecular formula is C20H26N2O4S. The number of aromatic nitrogens is 1. The van der Waals surface area contributed by atoms with Gasteiger partial charge in [-0.1, -0.05) is 0 Å². The lowest BCUT2D eigenvalue weighted by Gasteiger charge is -2.21. The molecule has 1 aromatic heterocycles. The van der Waals surface area contributed by atoms with E-state index in [0.717, 1.165) is 28.9 Å². The lowest BCUT2D eigenvalue weighted by atomic mass is 9.96. The zero-order valence-electron chi connectivity index (χ0n) is 16.2. The lowest BCUT2D eigenvalue weighted by Crippen LogP contribution is -2.40. The third kappa shape index (κ3) is 4.15. The number of rotatable bonds is 6. The summed E-state index contributed by atoms with van der Waals surface area (Å²) in [5.41, 5.74) is 3.47. The highest BCUT2D eigenvalue weighted by Crippen LogP contribution is 2.31. The molecule has 0 aliphatic carbocycles. The van der Waals surface area contributed by atoms with Gasteiger partial charge in [-0.05, 0) is 67.6 Å². The lowest BCUT2D eigenvalue weighted by molar-refractivity contribution is 0.183. The summed E-state index contributed by atoms with van der Waals surface area (Å²) in [5, 5.41) is 0. The van der Waals surface area contributed by atoms with Crippen LogP contribution in [-0.4, -0.2) is 39.8 Å². The van der Waals surface area contributed by atoms with Gasteiger partial charge >= 0.3 is 0 Å². The first kappa shape index (κ1) is 19.8. The summed E-state index contributed by atoms with van der Waals surface area (Å²) in [6.45, 7) is 6.46. The second-order valence-electron chi connectivity index (χ2n) is 7.06. The van der Waals surface area contributed by atoms with Gasteiger partial charge in [0.1, 0.15) is 5.75 Å². The highest BCUT2D eigenvalue weighted by Gasteiger charge is 2.33. The number of pyridine rings is 1. The van der Waals surface area contributed by atoms with Crippen molar-refractivity contribution < 1.29 is 17.9 Å². The SMILES string of the molecule is COc1c(C)cc(S(=O)(=O)N[C@H]2COC[C@H]2Cc2ccncc2)c(C)c1C. The molecule has 7 heteroatoms. The molecule has 2 atom stereocenters. The quantitative estimate of drug-likeness (QED) is 0.820. The first-order valence-corrected chi connectivity index (χ1v) is 10.5. The van der Waals surface area contributed by atoms with Crippen molar-refractivity contribution in [1.82, 2.24) is 9.71 Å². The van der Waals surface area contributed by atoms with Crippen LogP contribution < -0.4 is 9.46 Å². The minimum absolute atomic E-state index is 0.0860. The highest BCUT2D eigenvalue weighted by molar-refractivity contribution is 7.89. The van der Waals surface area contributed by atoms with Crippen LogP contribution in [0.5, 0.6) is 5.75 Å². The van der Waals surface area contributed by atoms with Crippen LogP contribution in [0.4, 0.5) is 0 Å². The fraction of sp³-hybridized carbons (Fsp3) is 0.450. The van der Waals surface area contributed by atoms with E-state index in [1.165, 1.54) is 0 Å². The number of benzene rings is 1. The fourth-order valence-electron chi connectivity index (χ4n) is 3.63. The number of sulfonamides is 1. The summed E-state index contributed by atoms with van der Waals surface area (Å²) >= 11 is 0. The summed E-state index contributed by atoms with van der Waals surface area (Å²) in [6.07, 6.45) is 4.24. The maximum absolute atomic E-state index is 13.1. The largest absolute Gasteiger partial charge is 0.496 e. The van der Waals surface area contributed by atoms with Crippen molar-refractivity contribution >= 4 is 10.0 Å². The maximum Gasteiger partial charge on any atom is 0.241 e. The summed E-state index contributed by atoms with van der Waals surface area (Å²) in [7, 11) is -2.07. The highest BCUT2D eigenvalue weighted by atomic mass is 32.2. The van der Waals surface area contributed by atoms with Gasteiger partial charge in [0.15, 0.2) is 0 Å². The number of hydrogen-bond donors (Lipinski definition) is 1. The van der Waals surface area contributed by atoms with E-state index in [1.807, 2.05) is 32.9 Å². The molecule has 0 radical (unpaired) electrons. The molecule has 1 saturated heterocycles. The van der Waals surface area contributed by atoms with Crippen molar-refractivity contribution in [3.05, 3.63) is 52.8 Å². The Labute approximate surface area is 161 Å². The number of methoxy groups -OCH3 is 1. The van der Waals surface area contributed by atoms with Gasteiger partial charge in [-0.3, -0.25) is 4.98 Å². The average molecular weight is 391 g/mol. The molecule has 2 aromatic rings. The molecule has 1 fully saturated rings. The van der Waals surface area contributed by atoms with Crippen LogP contribution in [0.15, 0.2) is 35.5 Å². The number of ether oxygens (including phenoxy) is 2. The van der Waals surface area contributed by atoms with Crippen molar-refractivity contribution in [2.24, 2.45) is 5.92 Å². The fourth-order valence-corrected chi connectivity index (χ4v) is 5.30. The van der Waals surface area contributed by atoms with Crippen LogP contribution >= 0.6 is 0 Å². The molecule has 1 aliphatic heterocycles. The van der Waals surface area contributed by atoms with Crippen molar-refractivity contribution in [2.45, 2.75) is 38.1 Å². The molecule has 27 heavy (non-hydrogen) atoms. The Kier molecular flexibility index (Phi) is 5.83. The topological polar surface area (TPSA) is 77.5 Å². The Morgan fingerprint density at radius 2 is 1.89 bits per heavy atom. The van der Waals surface area contributed by atoms with E-state index in [9.17, 15) is 8.42 Å². The van der Waals surface area contributed by atoms with Gasteiger partial charge < -0.3 is 9.47 Å². The molecule has 0 unspecified atom stereocenters. The molecule has 146 valence electrons. The Balaban J connectivity index is 1.84. The summed E-state index contributed by atoms with van der Waals surface area (Å²) in [5.74, 6) is 0.814. The van der Waals surface area contributed by atoms with Crippen molar-refractivity contribution in [2.75, 3.05) is 20.3 Å². The summed E-state index contributed by atoms with van der Waals surface area (Å²) in [6, 6.07) is 5.32. The van der Waals surface area contributed by atoms with E-state index in [0.29, 0.717) is 23.7 Å². The van der Waals surface area contributed by atoms with Crippen LogP contribution in [0.3, 0.4) is 0 Å². The van der Waals surface area contributed by atoms with E-state index in [-0.39, 0.29) is 12.0 Å². The monoisotopic (exact) mass is 390 g/mol. The van der Waals surface area contributed by atoms with Crippen LogP contribution in [0.1, 0.15) is 22.3 Å². The molecule has 2 heterocycles. The molecule has 1 aromatic carbocycles. The molecule has 0 spiro atoms. The molecular weight excluding hydrogens is 364 g/mol. The van der Waals surface area contributed by atoms with E-state index in [1.54, 1.807) is 25.6 Å². The zero-order valence-corrected chi connectivity index (χ0v) is 17.0. The maximum atomic E-state index is 13.1. The smallest absolute Gasteiger partial charge is 0.241 e. The molecule has 6 nitrogen and oxygen atoms in total. The predicted molar refractivity (Wildman–Crippen MR) is 104 cm³/mol. The molecule has 1 N–H and O–H groups in total. The molecule has 0 amide bonds. The third-order valence-corrected chi connectivity index (χ3v) is 6.84. The van der Waals surface area contributed by atoms with Crippen molar-refractivity contribution in [3.63, 3.8) is 0 Å². The summed E-state index contributed by atoms with van der Waals surface area (Å²) < 4.78 is 40.0. The van der Waals surface area contributed by atoms with E-state index < -0.39 is 10.0 Å². The minimum atomic E-state index is -3.67. The minimum Gasteiger partial charge on any atom is -0.496 e. The van der Waals surface area contributed by atoms with Crippen LogP contribution in [0.25, 0.3) is 0 Å². The number of nitrogens with one attached hydrogen (secondary N) is 1. The molecule has 3 rings (SSSR count). The Morgan fingerprint density at radius 3 is 2.56 bits per heavy atom. The van der Waals surface area contributed by atoms with Crippen molar-refractivity contribution in [3.8, 4) is 5.75 Å². The Morgan fingerprint density at radius 1 is 1.19 bits per heavy atom. The normalized spacial score (nSPS) is 20.0. The van der Waals surface area contributed by atoms with Crippen LogP contribution in [0, 0.1) is 26.7 Å². The van der Waals surface area contributed by atoms with E-state index in [4.69, 9.17) is 9.47 Å². The van der Waals surface area contributed by atoms with Gasteiger partial charge in [0, 0.05) is 18.3 Å². The van der Waals surface area contributed by atoms with E-state index in [2.05, 4.69) is 9.71 Å². The second-order valence-corrected chi connectivity index (χ2v) is 8.74. The number of nitrogens with zero attached hydrogens (tertiary/aromatic N) is 1. The molecule has 1 aliphatic rings. The molecule has 0 bridgehead atoms. The van der Waals surface area contributed by atoms with Gasteiger partial charge in [-0.25, -0.2) is 13.1 Å². The van der Waals surface area contributed by atoms with Gasteiger partial charge in [0.05, 0.1) is 31.3 Å². The van der Waals surface area contributed by atoms with Gasteiger partial charge in [-0.2, -0.15) is 0 Å². The average Bonchev–Trinajstić information content (AvgIpc) is 3.05. The standard InChI is InChI=1S/C20H26N2O4S/c1-13-9-19(14(2)15(3)20(13)25-4)27(23,24)22-18-12-26-11-17(18)10-16-5-7-21-8-6-16/h5-9,17-18,22H,10-12H2,1-4H3/t17-,18+/m1/s1. The number of hydrogen-bond acceptors (Lipinski definition) is 5. The Hall–Kier alpha value is -1.96. The van der Waals surface area contributed by atoms with Crippen LogP contribution in [0.2, 0.25) is 0 Å². The summed E-state index contributed by atoms with van der Waals surface area (Å²) in [4.78, 5) is 4.32. The van der Waals surface area contributed by atoms with Gasteiger partial charge in [-0.15, -0.1) is 0 Å². The zero-order chi connectivity index (χ0) is 19.6. The molecule has 0 saturated carbocycles.